The van der Waals surface area contributed by atoms with Crippen molar-refractivity contribution in [1.82, 2.24) is 31.9 Å². The summed E-state index contributed by atoms with van der Waals surface area (Å²) in [5.74, 6) is -6.51. The summed E-state index contributed by atoms with van der Waals surface area (Å²) in [6, 6.07) is -5.20. The Morgan fingerprint density at radius 2 is 0.869 bits per heavy atom. The second kappa shape index (κ2) is 44.5. The Labute approximate surface area is 620 Å². The van der Waals surface area contributed by atoms with E-state index in [-0.39, 0.29) is 62.6 Å². The summed E-state index contributed by atoms with van der Waals surface area (Å²) in [5.41, 5.74) is 0. The Morgan fingerprint density at radius 1 is 0.477 bits per heavy atom. The van der Waals surface area contributed by atoms with Gasteiger partial charge in [0, 0.05) is 40.9 Å². The van der Waals surface area contributed by atoms with E-state index < -0.39 is 259 Å². The number of aliphatic hydroxyl groups is 15. The summed E-state index contributed by atoms with van der Waals surface area (Å²) in [7, 11) is 2.82. The zero-order chi connectivity index (χ0) is 80.7. The molecule has 6 amide bonds. The number of nitrogens with one attached hydrogen (secondary N) is 6. The zero-order valence-electron chi connectivity index (χ0n) is 63.0. The largest absolute Gasteiger partial charge is 0.447 e. The van der Waals surface area contributed by atoms with E-state index in [1.54, 1.807) is 0 Å². The van der Waals surface area contributed by atoms with Gasteiger partial charge in [-0.05, 0) is 37.5 Å². The first-order chi connectivity index (χ1) is 50.1. The smallest absolute Gasteiger partial charge is 0.407 e. The Hall–Kier alpha value is -4.66. The van der Waals surface area contributed by atoms with Crippen molar-refractivity contribution in [1.29, 1.82) is 0 Å². The number of alkyl carbamates (subject to hydrolysis) is 2. The summed E-state index contributed by atoms with van der Waals surface area (Å²) < 4.78 is 79.6. The molecule has 5 rings (SSSR count). The van der Waals surface area contributed by atoms with Crippen LogP contribution < -0.4 is 31.9 Å². The second-order valence-corrected chi connectivity index (χ2v) is 28.7. The number of carbonyl (C=O) groups excluding carboxylic acids is 6. The van der Waals surface area contributed by atoms with Gasteiger partial charge in [-0.3, -0.25) is 19.2 Å². The van der Waals surface area contributed by atoms with Crippen LogP contribution >= 0.6 is 0 Å². The molecule has 0 saturated carbocycles. The number of carbonyl (C=O) groups is 6. The number of rotatable bonds is 37. The van der Waals surface area contributed by atoms with Crippen molar-refractivity contribution in [3.63, 3.8) is 0 Å². The molecule has 21 N–H and O–H groups in total. The topological polar surface area (TPSA) is 607 Å². The van der Waals surface area contributed by atoms with Crippen molar-refractivity contribution in [3.8, 4) is 0 Å². The van der Waals surface area contributed by atoms with Gasteiger partial charge < -0.3 is 175 Å². The first-order valence-corrected chi connectivity index (χ1v) is 35.6. The third kappa shape index (κ3) is 27.6. The maximum atomic E-state index is 12.8. The summed E-state index contributed by atoms with van der Waals surface area (Å²) in [4.78, 5) is 73.5. The number of hydrogen-bond acceptors (Lipinski definition) is 35. The van der Waals surface area contributed by atoms with Crippen LogP contribution in [0.4, 0.5) is 9.59 Å². The van der Waals surface area contributed by atoms with E-state index in [9.17, 15) is 105 Å². The van der Waals surface area contributed by atoms with Gasteiger partial charge in [-0.25, -0.2) is 9.59 Å². The van der Waals surface area contributed by atoms with E-state index in [4.69, 9.17) is 66.3 Å². The maximum Gasteiger partial charge on any atom is 0.407 e. The molecule has 41 heteroatoms. The van der Waals surface area contributed by atoms with E-state index in [1.807, 2.05) is 55.4 Å². The van der Waals surface area contributed by atoms with Crippen molar-refractivity contribution < 1.29 is 172 Å². The van der Waals surface area contributed by atoms with Crippen LogP contribution in [0.1, 0.15) is 95.9 Å². The second-order valence-electron chi connectivity index (χ2n) is 28.7. The van der Waals surface area contributed by atoms with E-state index in [0.29, 0.717) is 0 Å². The van der Waals surface area contributed by atoms with Gasteiger partial charge in [0.1, 0.15) is 136 Å². The predicted octanol–water partition coefficient (Wildman–Crippen LogP) is -8.00. The highest BCUT2D eigenvalue weighted by molar-refractivity contribution is 5.83. The average Bonchev–Trinajstić information content (AvgIpc) is 0.772. The molecule has 0 aliphatic carbocycles. The van der Waals surface area contributed by atoms with E-state index in [1.165, 1.54) is 41.9 Å². The summed E-state index contributed by atoms with van der Waals surface area (Å²) in [5, 5.41) is 175. The number of amides is 6. The molecule has 5 heterocycles. The van der Waals surface area contributed by atoms with Crippen LogP contribution in [0.3, 0.4) is 0 Å². The van der Waals surface area contributed by atoms with Crippen LogP contribution in [0.15, 0.2) is 0 Å². The van der Waals surface area contributed by atoms with Crippen LogP contribution in [-0.2, 0) is 85.5 Å². The van der Waals surface area contributed by atoms with Crippen LogP contribution in [0.2, 0.25) is 0 Å². The Balaban J connectivity index is 0.000000462. The van der Waals surface area contributed by atoms with E-state index in [2.05, 4.69) is 31.9 Å². The minimum atomic E-state index is -2.07. The fraction of sp³-hybridized carbons (Fsp3) is 0.909. The molecule has 5 fully saturated rings. The third-order valence-electron chi connectivity index (χ3n) is 18.3. The van der Waals surface area contributed by atoms with Crippen LogP contribution in [0, 0.1) is 23.7 Å². The number of aliphatic hydroxyl groups excluding tert-OH is 15. The molecule has 41 nitrogen and oxygen atoms in total. The Bertz CT molecular complexity index is 2670. The van der Waals surface area contributed by atoms with Gasteiger partial charge in [-0.15, -0.1) is 0 Å². The van der Waals surface area contributed by atoms with Crippen molar-refractivity contribution in [3.05, 3.63) is 0 Å². The molecule has 624 valence electrons. The molecule has 107 heavy (non-hydrogen) atoms. The van der Waals surface area contributed by atoms with Crippen LogP contribution in [0.5, 0.6) is 0 Å². The highest BCUT2D eigenvalue weighted by Crippen LogP contribution is 2.40. The lowest BCUT2D eigenvalue weighted by Gasteiger charge is -2.51. The number of methoxy groups -OCH3 is 2. The van der Waals surface area contributed by atoms with E-state index in [0.717, 1.165) is 0 Å². The van der Waals surface area contributed by atoms with Crippen molar-refractivity contribution in [2.45, 2.75) is 273 Å². The standard InChI is InChI=1S/C36H65N3O20.C30H55N3O15/c1-15(2)29(16(3)4)56-33-24(38-17(5)43)30(26(48)20(13-41)54-33)57-34-28(50)32(27(49)21(14-42)55-34)59-36(6)10-18(44)23(31(58-36)25(47)19(45)12-40)39-22(46)11-37-35(51)53-9-8-52-7;1-14(2)26(15(3)4)47-28-22(32-16(5)35)25(41)24(40)19(46-28)13-45-30(6)10-17(36)21(27(48-30)23(39)18(37)12-34)33-20(38)11-31-29(42)44-9-8-43-7/h15-16,18-21,23-34,40-42,44-45,47-50H,8-14H2,1-7H3,(H,37,51)(H,38,43)(H,39,46);14-15,17-19,21-28,34,36-37,39-41H,8-13H2,1-7H3,(H,31,42)(H,32,35)(H,33,38)/t18-,19-,20?,21?,23-,24?,25-,26+,27+,28?,30-,31?,32+,33-,34+,36-;17-,18-,19?,21-,22?,23-,24+,25-,27?,28-,30+/m11/s1. The number of hydrogen-bond donors (Lipinski definition) is 21. The molecular weight excluding hydrogens is 1440 g/mol. The molecule has 5 saturated heterocycles. The predicted molar refractivity (Wildman–Crippen MR) is 363 cm³/mol. The highest BCUT2D eigenvalue weighted by Gasteiger charge is 2.58. The SMILES string of the molecule is COCCOC(=O)NCC(=O)N[C@H]1C([C@H](O)[C@H](O)CO)O[C@](C)(OCC2O[C@H](OC(C(C)C)C(C)C)C(NC(C)=O)[C@@H](O)[C@H]2O)C[C@H]1O.COCCOC(=O)NCC(=O)N[C@H]1C([C@H](O)[C@H](O)CO)O[C@](C)(O[C@@H]2C(O)[C@H](O[C@@H]3C(NC(C)=O)[C@@H](OC(C(C)C)C(C)C)OC(CO)[C@@H]3O)OC(CO)[C@@H]2O)C[C@H]1O. The molecule has 27 atom stereocenters. The fourth-order valence-corrected chi connectivity index (χ4v) is 13.1. The normalized spacial score (nSPS) is 34.4. The lowest BCUT2D eigenvalue weighted by Crippen LogP contribution is -2.70. The molecule has 0 spiro atoms. The van der Waals surface area contributed by atoms with Gasteiger partial charge in [0.15, 0.2) is 30.4 Å². The molecule has 0 aromatic heterocycles. The third-order valence-corrected chi connectivity index (χ3v) is 18.3. The van der Waals surface area contributed by atoms with Crippen molar-refractivity contribution >= 4 is 35.8 Å². The van der Waals surface area contributed by atoms with Crippen molar-refractivity contribution in [2.75, 3.05) is 86.8 Å². The summed E-state index contributed by atoms with van der Waals surface area (Å²) in [6.45, 7) is 15.6. The molecule has 0 aromatic carbocycles. The van der Waals surface area contributed by atoms with Gasteiger partial charge in [-0.1, -0.05) is 55.4 Å². The van der Waals surface area contributed by atoms with Crippen molar-refractivity contribution in [2.24, 2.45) is 23.7 Å². The van der Waals surface area contributed by atoms with Gasteiger partial charge >= 0.3 is 12.2 Å². The van der Waals surface area contributed by atoms with Crippen LogP contribution in [-0.4, -0.2) is 376 Å². The minimum Gasteiger partial charge on any atom is -0.447 e. The molecule has 5 aliphatic heterocycles. The lowest BCUT2D eigenvalue weighted by molar-refractivity contribution is -0.385. The summed E-state index contributed by atoms with van der Waals surface area (Å²) >= 11 is 0. The van der Waals surface area contributed by atoms with Gasteiger partial charge in [-0.2, -0.15) is 0 Å². The number of ether oxygens (including phenoxy) is 14. The van der Waals surface area contributed by atoms with Gasteiger partial charge in [0.25, 0.3) is 0 Å². The molecular formula is C66H120N6O35. The van der Waals surface area contributed by atoms with Gasteiger partial charge in [0.05, 0.1) is 82.7 Å². The maximum absolute atomic E-state index is 12.8. The monoisotopic (exact) mass is 1560 g/mol. The van der Waals surface area contributed by atoms with E-state index >= 15 is 0 Å². The fourth-order valence-electron chi connectivity index (χ4n) is 13.1. The minimum absolute atomic E-state index is 0.0382. The van der Waals surface area contributed by atoms with Crippen LogP contribution in [0.25, 0.3) is 0 Å². The Kier molecular flexibility index (Phi) is 39.4. The van der Waals surface area contributed by atoms with Gasteiger partial charge in [0.2, 0.25) is 23.6 Å². The molecule has 0 bridgehead atoms. The average molecular weight is 1560 g/mol. The first-order valence-electron chi connectivity index (χ1n) is 35.6. The quantitative estimate of drug-likeness (QED) is 0.0257. The highest BCUT2D eigenvalue weighted by atomic mass is 16.8. The Morgan fingerprint density at radius 3 is 1.28 bits per heavy atom. The lowest BCUT2D eigenvalue weighted by atomic mass is 9.88. The first kappa shape index (κ1) is 94.7. The molecule has 8 unspecified atom stereocenters. The zero-order valence-corrected chi connectivity index (χ0v) is 63.0. The summed E-state index contributed by atoms with van der Waals surface area (Å²) in [6.07, 6.45) is -37.4. The molecule has 0 aromatic rings. The molecule has 5 aliphatic rings. The molecule has 0 radical (unpaired) electrons.